The van der Waals surface area contributed by atoms with Gasteiger partial charge >= 0.3 is 0 Å². The summed E-state index contributed by atoms with van der Waals surface area (Å²) in [5, 5.41) is 16.6. The van der Waals surface area contributed by atoms with E-state index in [1.54, 1.807) is 28.6 Å². The number of aromatic nitrogens is 2. The molecule has 1 aromatic carbocycles. The molecule has 0 atom stereocenters. The molecule has 15 heavy (non-hydrogen) atoms. The van der Waals surface area contributed by atoms with Crippen LogP contribution in [-0.2, 0) is 12.4 Å². The molecule has 0 unspecified atom stereocenters. The standard InChI is InChI=1S/C10H10N2OS2/c13-5-8-1-3-9(4-2-8)6-14-10-12-11-7-15-10/h1-4,7,13H,5-6H2. The monoisotopic (exact) mass is 238 g/mol. The molecule has 2 rings (SSSR count). The zero-order valence-corrected chi connectivity index (χ0v) is 9.59. The Hall–Kier alpha value is -0.910. The van der Waals surface area contributed by atoms with Crippen molar-refractivity contribution in [2.24, 2.45) is 0 Å². The Balaban J connectivity index is 1.93. The molecule has 0 saturated heterocycles. The first-order valence-corrected chi connectivity index (χ1v) is 6.32. The van der Waals surface area contributed by atoms with Gasteiger partial charge in [-0.25, -0.2) is 0 Å². The van der Waals surface area contributed by atoms with E-state index < -0.39 is 0 Å². The van der Waals surface area contributed by atoms with Crippen LogP contribution < -0.4 is 0 Å². The predicted molar refractivity (Wildman–Crippen MR) is 61.8 cm³/mol. The Labute approximate surface area is 96.2 Å². The SMILES string of the molecule is OCc1ccc(CSc2nncs2)cc1. The van der Waals surface area contributed by atoms with Crippen molar-refractivity contribution in [2.75, 3.05) is 0 Å². The highest BCUT2D eigenvalue weighted by molar-refractivity contribution is 8.00. The van der Waals surface area contributed by atoms with E-state index in [2.05, 4.69) is 10.2 Å². The van der Waals surface area contributed by atoms with Gasteiger partial charge in [-0.3, -0.25) is 0 Å². The topological polar surface area (TPSA) is 46.0 Å². The molecule has 1 heterocycles. The predicted octanol–water partition coefficient (Wildman–Crippen LogP) is 2.32. The summed E-state index contributed by atoms with van der Waals surface area (Å²) in [5.74, 6) is 0.890. The molecule has 0 bridgehead atoms. The quantitative estimate of drug-likeness (QED) is 0.830. The van der Waals surface area contributed by atoms with Crippen LogP contribution in [0.4, 0.5) is 0 Å². The van der Waals surface area contributed by atoms with E-state index in [1.807, 2.05) is 24.3 Å². The van der Waals surface area contributed by atoms with Gasteiger partial charge in [0.2, 0.25) is 0 Å². The molecule has 2 aromatic rings. The van der Waals surface area contributed by atoms with Crippen molar-refractivity contribution in [2.45, 2.75) is 16.7 Å². The first-order chi connectivity index (χ1) is 7.38. The van der Waals surface area contributed by atoms with Crippen molar-refractivity contribution >= 4 is 23.1 Å². The molecule has 0 aliphatic rings. The molecule has 1 N–H and O–H groups in total. The van der Waals surface area contributed by atoms with Gasteiger partial charge in [0.25, 0.3) is 0 Å². The van der Waals surface area contributed by atoms with Crippen LogP contribution >= 0.6 is 23.1 Å². The van der Waals surface area contributed by atoms with Crippen molar-refractivity contribution < 1.29 is 5.11 Å². The molecule has 0 aliphatic carbocycles. The van der Waals surface area contributed by atoms with E-state index in [1.165, 1.54) is 5.56 Å². The first-order valence-electron chi connectivity index (χ1n) is 4.46. The largest absolute Gasteiger partial charge is 0.392 e. The van der Waals surface area contributed by atoms with E-state index in [4.69, 9.17) is 5.11 Å². The van der Waals surface area contributed by atoms with Crippen molar-refractivity contribution in [1.82, 2.24) is 10.2 Å². The maximum Gasteiger partial charge on any atom is 0.174 e. The summed E-state index contributed by atoms with van der Waals surface area (Å²) in [7, 11) is 0. The third kappa shape index (κ3) is 3.02. The lowest BCUT2D eigenvalue weighted by Gasteiger charge is -2.00. The number of rotatable bonds is 4. The van der Waals surface area contributed by atoms with Gasteiger partial charge in [-0.05, 0) is 11.1 Å². The van der Waals surface area contributed by atoms with E-state index in [9.17, 15) is 0 Å². The molecule has 0 saturated carbocycles. The minimum atomic E-state index is 0.101. The summed E-state index contributed by atoms with van der Waals surface area (Å²) in [6, 6.07) is 7.94. The maximum absolute atomic E-state index is 8.89. The van der Waals surface area contributed by atoms with Gasteiger partial charge in [-0.1, -0.05) is 47.4 Å². The van der Waals surface area contributed by atoms with Crippen LogP contribution in [0.1, 0.15) is 11.1 Å². The van der Waals surface area contributed by atoms with E-state index in [0.29, 0.717) is 0 Å². The average molecular weight is 238 g/mol. The van der Waals surface area contributed by atoms with Crippen molar-refractivity contribution in [1.29, 1.82) is 0 Å². The number of aliphatic hydroxyl groups excluding tert-OH is 1. The Morgan fingerprint density at radius 2 is 1.93 bits per heavy atom. The Kier molecular flexibility index (Phi) is 3.71. The van der Waals surface area contributed by atoms with Crippen LogP contribution in [0.3, 0.4) is 0 Å². The molecule has 0 aliphatic heterocycles. The normalized spacial score (nSPS) is 10.5. The van der Waals surface area contributed by atoms with E-state index in [0.717, 1.165) is 15.7 Å². The van der Waals surface area contributed by atoms with Gasteiger partial charge in [-0.2, -0.15) is 0 Å². The summed E-state index contributed by atoms with van der Waals surface area (Å²) in [6.45, 7) is 0.101. The molecule has 3 nitrogen and oxygen atoms in total. The summed E-state index contributed by atoms with van der Waals surface area (Å²) >= 11 is 3.23. The minimum absolute atomic E-state index is 0.101. The molecule has 0 amide bonds. The first kappa shape index (κ1) is 10.6. The lowest BCUT2D eigenvalue weighted by Crippen LogP contribution is -1.84. The fourth-order valence-electron chi connectivity index (χ4n) is 1.11. The summed E-state index contributed by atoms with van der Waals surface area (Å²) in [5.41, 5.74) is 3.91. The Morgan fingerprint density at radius 1 is 1.20 bits per heavy atom. The van der Waals surface area contributed by atoms with Crippen LogP contribution in [-0.4, -0.2) is 15.3 Å². The zero-order valence-electron chi connectivity index (χ0n) is 7.96. The van der Waals surface area contributed by atoms with Gasteiger partial charge in [-0.15, -0.1) is 10.2 Å². The molecular weight excluding hydrogens is 228 g/mol. The summed E-state index contributed by atoms with van der Waals surface area (Å²) in [4.78, 5) is 0. The van der Waals surface area contributed by atoms with Crippen LogP contribution in [0.25, 0.3) is 0 Å². The number of benzene rings is 1. The molecule has 5 heteroatoms. The van der Waals surface area contributed by atoms with Crippen molar-refractivity contribution in [3.8, 4) is 0 Å². The number of hydrogen-bond acceptors (Lipinski definition) is 5. The average Bonchev–Trinajstić information content (AvgIpc) is 2.80. The van der Waals surface area contributed by atoms with E-state index in [-0.39, 0.29) is 6.61 Å². The van der Waals surface area contributed by atoms with Crippen LogP contribution in [0.5, 0.6) is 0 Å². The number of nitrogens with zero attached hydrogens (tertiary/aromatic N) is 2. The Morgan fingerprint density at radius 3 is 2.53 bits per heavy atom. The third-order valence-corrected chi connectivity index (χ3v) is 3.84. The van der Waals surface area contributed by atoms with Crippen LogP contribution in [0, 0.1) is 0 Å². The summed E-state index contributed by atoms with van der Waals surface area (Å²) < 4.78 is 0.987. The van der Waals surface area contributed by atoms with Crippen LogP contribution in [0.2, 0.25) is 0 Å². The van der Waals surface area contributed by atoms with Gasteiger partial charge < -0.3 is 5.11 Å². The number of aliphatic hydroxyl groups is 1. The highest BCUT2D eigenvalue weighted by Crippen LogP contribution is 2.23. The highest BCUT2D eigenvalue weighted by Gasteiger charge is 1.99. The molecule has 0 spiro atoms. The smallest absolute Gasteiger partial charge is 0.174 e. The van der Waals surface area contributed by atoms with E-state index >= 15 is 0 Å². The maximum atomic E-state index is 8.89. The van der Waals surface area contributed by atoms with Gasteiger partial charge in [0, 0.05) is 5.75 Å². The number of thioether (sulfide) groups is 1. The molecular formula is C10H10N2OS2. The fraction of sp³-hybridized carbons (Fsp3) is 0.200. The molecule has 1 aromatic heterocycles. The Bertz CT molecular complexity index is 400. The molecule has 0 radical (unpaired) electrons. The highest BCUT2D eigenvalue weighted by atomic mass is 32.2. The van der Waals surface area contributed by atoms with Gasteiger partial charge in [0.1, 0.15) is 5.51 Å². The lowest BCUT2D eigenvalue weighted by molar-refractivity contribution is 0.282. The van der Waals surface area contributed by atoms with Crippen molar-refractivity contribution in [3.05, 3.63) is 40.9 Å². The second-order valence-electron chi connectivity index (χ2n) is 2.97. The fourth-order valence-corrected chi connectivity index (χ4v) is 2.56. The summed E-state index contributed by atoms with van der Waals surface area (Å²) in [6.07, 6.45) is 0. The van der Waals surface area contributed by atoms with Crippen molar-refractivity contribution in [3.63, 3.8) is 0 Å². The second kappa shape index (κ2) is 5.25. The zero-order chi connectivity index (χ0) is 10.5. The van der Waals surface area contributed by atoms with Gasteiger partial charge in [0.15, 0.2) is 4.34 Å². The van der Waals surface area contributed by atoms with Gasteiger partial charge in [0.05, 0.1) is 6.61 Å². The molecule has 78 valence electrons. The number of hydrogen-bond donors (Lipinski definition) is 1. The lowest BCUT2D eigenvalue weighted by atomic mass is 10.2. The third-order valence-electron chi connectivity index (χ3n) is 1.91. The molecule has 0 fully saturated rings. The second-order valence-corrected chi connectivity index (χ2v) is 5.02. The van der Waals surface area contributed by atoms with Crippen LogP contribution in [0.15, 0.2) is 34.1 Å². The minimum Gasteiger partial charge on any atom is -0.392 e.